The molecule has 256 valence electrons. The van der Waals surface area contributed by atoms with Gasteiger partial charge in [0, 0.05) is 32.8 Å². The van der Waals surface area contributed by atoms with Gasteiger partial charge in [-0.05, 0) is 73.5 Å². The Morgan fingerprint density at radius 1 is 0.291 bits per heavy atom. The molecule has 2 aromatic heterocycles. The fraction of sp³-hybridized carbons (Fsp3) is 0. The molecule has 11 aromatic rings. The van der Waals surface area contributed by atoms with Crippen LogP contribution in [0.4, 0.5) is 0 Å². The maximum absolute atomic E-state index is 6.76. The lowest BCUT2D eigenvalue weighted by Crippen LogP contribution is -2.01. The second kappa shape index (κ2) is 12.6. The lowest BCUT2D eigenvalue weighted by molar-refractivity contribution is 0.673. The van der Waals surface area contributed by atoms with Crippen molar-refractivity contribution in [2.75, 3.05) is 0 Å². The predicted molar refractivity (Wildman–Crippen MR) is 227 cm³/mol. The van der Waals surface area contributed by atoms with Crippen LogP contribution in [0, 0.1) is 0 Å². The molecule has 0 atom stereocenters. The minimum atomic E-state index is 0.611. The number of furan rings is 1. The van der Waals surface area contributed by atoms with E-state index in [9.17, 15) is 0 Å². The van der Waals surface area contributed by atoms with E-state index < -0.39 is 0 Å². The van der Waals surface area contributed by atoms with E-state index in [4.69, 9.17) is 19.4 Å². The van der Waals surface area contributed by atoms with Crippen molar-refractivity contribution in [1.82, 2.24) is 15.0 Å². The average Bonchev–Trinajstić information content (AvgIpc) is 3.64. The van der Waals surface area contributed by atoms with Crippen molar-refractivity contribution < 1.29 is 4.42 Å². The Balaban J connectivity index is 1.14. The molecule has 11 rings (SSSR count). The van der Waals surface area contributed by atoms with Gasteiger partial charge in [-0.2, -0.15) is 0 Å². The molecule has 0 radical (unpaired) electrons. The van der Waals surface area contributed by atoms with Crippen LogP contribution in [0.15, 0.2) is 192 Å². The molecule has 0 bridgehead atoms. The summed E-state index contributed by atoms with van der Waals surface area (Å²) >= 11 is 0. The molecule has 0 saturated heterocycles. The van der Waals surface area contributed by atoms with Crippen LogP contribution in [-0.4, -0.2) is 15.0 Å². The molecule has 0 saturated carbocycles. The van der Waals surface area contributed by atoms with Crippen LogP contribution in [0.25, 0.3) is 111 Å². The molecule has 4 nitrogen and oxygen atoms in total. The summed E-state index contributed by atoms with van der Waals surface area (Å²) < 4.78 is 6.76. The van der Waals surface area contributed by atoms with Gasteiger partial charge in [0.2, 0.25) is 0 Å². The van der Waals surface area contributed by atoms with Crippen molar-refractivity contribution in [2.45, 2.75) is 0 Å². The van der Waals surface area contributed by atoms with Crippen molar-refractivity contribution in [3.63, 3.8) is 0 Å². The van der Waals surface area contributed by atoms with Gasteiger partial charge in [-0.15, -0.1) is 0 Å². The highest BCUT2D eigenvalue weighted by Crippen LogP contribution is 2.42. The summed E-state index contributed by atoms with van der Waals surface area (Å²) in [4.78, 5) is 15.7. The van der Waals surface area contributed by atoms with Crippen LogP contribution in [0.2, 0.25) is 0 Å². The number of rotatable bonds is 5. The highest BCUT2D eigenvalue weighted by Gasteiger charge is 2.20. The van der Waals surface area contributed by atoms with Gasteiger partial charge < -0.3 is 4.42 Å². The maximum Gasteiger partial charge on any atom is 0.164 e. The van der Waals surface area contributed by atoms with Crippen LogP contribution < -0.4 is 0 Å². The van der Waals surface area contributed by atoms with E-state index in [0.717, 1.165) is 65.7 Å². The molecule has 0 aliphatic carbocycles. The minimum absolute atomic E-state index is 0.611. The first-order valence-corrected chi connectivity index (χ1v) is 18.5. The van der Waals surface area contributed by atoms with E-state index in [1.807, 2.05) is 18.2 Å². The summed E-state index contributed by atoms with van der Waals surface area (Å²) in [5.74, 6) is 1.86. The second-order valence-corrected chi connectivity index (χ2v) is 13.9. The molecule has 0 amide bonds. The largest absolute Gasteiger partial charge is 0.455 e. The molecule has 4 heteroatoms. The molecule has 9 aromatic carbocycles. The Labute approximate surface area is 317 Å². The number of fused-ring (bicyclic) bond motifs is 7. The van der Waals surface area contributed by atoms with Crippen molar-refractivity contribution >= 4 is 54.3 Å². The summed E-state index contributed by atoms with van der Waals surface area (Å²) in [5, 5.41) is 8.77. The number of nitrogens with zero attached hydrogens (tertiary/aromatic N) is 3. The number of benzene rings is 9. The third kappa shape index (κ3) is 5.19. The standard InChI is InChI=1S/C51H31N3O/c1-3-14-32(15-4-1)38-28-29-44(40-22-10-9-21-39(38)40)50-52-49(34-17-5-2-6-18-34)53-51(54-50)46-31-45-42-27-26-35(37-25-13-19-33-16-7-8-20-36(33)37)30-47(42)55-48(45)43-24-12-11-23-41(43)46/h1-31H. The molecular formula is C51H31N3O. The molecule has 0 unspecified atom stereocenters. The highest BCUT2D eigenvalue weighted by molar-refractivity contribution is 6.19. The van der Waals surface area contributed by atoms with Crippen molar-refractivity contribution in [2.24, 2.45) is 0 Å². The summed E-state index contributed by atoms with van der Waals surface area (Å²) in [5.41, 5.74) is 9.14. The van der Waals surface area contributed by atoms with Crippen LogP contribution in [0.3, 0.4) is 0 Å². The molecule has 0 aliphatic rings. The van der Waals surface area contributed by atoms with Gasteiger partial charge in [0.1, 0.15) is 11.2 Å². The van der Waals surface area contributed by atoms with Crippen LogP contribution in [0.1, 0.15) is 0 Å². The summed E-state index contributed by atoms with van der Waals surface area (Å²) in [7, 11) is 0. The Bertz CT molecular complexity index is 3250. The van der Waals surface area contributed by atoms with Crippen molar-refractivity contribution in [3.05, 3.63) is 188 Å². The third-order valence-electron chi connectivity index (χ3n) is 10.7. The zero-order valence-corrected chi connectivity index (χ0v) is 29.6. The first kappa shape index (κ1) is 31.1. The Morgan fingerprint density at radius 3 is 1.60 bits per heavy atom. The topological polar surface area (TPSA) is 51.8 Å². The molecule has 0 fully saturated rings. The van der Waals surface area contributed by atoms with E-state index in [1.54, 1.807) is 0 Å². The number of hydrogen-bond acceptors (Lipinski definition) is 4. The molecular weight excluding hydrogens is 671 g/mol. The van der Waals surface area contributed by atoms with Gasteiger partial charge in [-0.3, -0.25) is 0 Å². The Morgan fingerprint density at radius 2 is 0.836 bits per heavy atom. The van der Waals surface area contributed by atoms with Crippen molar-refractivity contribution in [1.29, 1.82) is 0 Å². The fourth-order valence-corrected chi connectivity index (χ4v) is 8.12. The Hall–Kier alpha value is -7.43. The zero-order valence-electron chi connectivity index (χ0n) is 29.6. The average molecular weight is 702 g/mol. The van der Waals surface area contributed by atoms with E-state index in [1.165, 1.54) is 27.5 Å². The monoisotopic (exact) mass is 701 g/mol. The number of hydrogen-bond donors (Lipinski definition) is 0. The molecule has 0 aliphatic heterocycles. The summed E-state index contributed by atoms with van der Waals surface area (Å²) in [6.07, 6.45) is 0. The van der Waals surface area contributed by atoms with Crippen LogP contribution >= 0.6 is 0 Å². The second-order valence-electron chi connectivity index (χ2n) is 13.9. The summed E-state index contributed by atoms with van der Waals surface area (Å²) in [6, 6.07) is 65.7. The molecule has 2 heterocycles. The fourth-order valence-electron chi connectivity index (χ4n) is 8.12. The summed E-state index contributed by atoms with van der Waals surface area (Å²) in [6.45, 7) is 0. The quantitative estimate of drug-likeness (QED) is 0.179. The van der Waals surface area contributed by atoms with Gasteiger partial charge in [0.05, 0.1) is 0 Å². The Kier molecular flexibility index (Phi) is 7.14. The lowest BCUT2D eigenvalue weighted by Gasteiger charge is -2.14. The molecule has 0 N–H and O–H groups in total. The van der Waals surface area contributed by atoms with E-state index >= 15 is 0 Å². The van der Waals surface area contributed by atoms with E-state index in [-0.39, 0.29) is 0 Å². The van der Waals surface area contributed by atoms with Gasteiger partial charge in [-0.1, -0.05) is 164 Å². The van der Waals surface area contributed by atoms with Crippen LogP contribution in [0.5, 0.6) is 0 Å². The normalized spacial score (nSPS) is 11.6. The first-order chi connectivity index (χ1) is 27.3. The SMILES string of the molecule is c1ccc(-c2nc(-c3ccc(-c4ccccc4)c4ccccc34)nc(-c3cc4c5ccc(-c6cccc7ccccc67)cc5oc4c4ccccc34)n2)cc1. The van der Waals surface area contributed by atoms with Gasteiger partial charge in [-0.25, -0.2) is 15.0 Å². The molecule has 55 heavy (non-hydrogen) atoms. The van der Waals surface area contributed by atoms with Crippen molar-refractivity contribution in [3.8, 4) is 56.4 Å². The maximum atomic E-state index is 6.76. The van der Waals surface area contributed by atoms with Crippen LogP contribution in [-0.2, 0) is 0 Å². The minimum Gasteiger partial charge on any atom is -0.455 e. The van der Waals surface area contributed by atoms with Gasteiger partial charge in [0.25, 0.3) is 0 Å². The van der Waals surface area contributed by atoms with Gasteiger partial charge >= 0.3 is 0 Å². The lowest BCUT2D eigenvalue weighted by atomic mass is 9.94. The first-order valence-electron chi connectivity index (χ1n) is 18.5. The third-order valence-corrected chi connectivity index (χ3v) is 10.7. The van der Waals surface area contributed by atoms with Gasteiger partial charge in [0.15, 0.2) is 17.5 Å². The highest BCUT2D eigenvalue weighted by atomic mass is 16.3. The van der Waals surface area contributed by atoms with E-state index in [2.05, 4.69) is 170 Å². The molecule has 0 spiro atoms. The van der Waals surface area contributed by atoms with E-state index in [0.29, 0.717) is 17.5 Å². The predicted octanol–water partition coefficient (Wildman–Crippen LogP) is 13.6. The number of aromatic nitrogens is 3. The smallest absolute Gasteiger partial charge is 0.164 e. The zero-order chi connectivity index (χ0) is 36.3.